The second-order valence-corrected chi connectivity index (χ2v) is 14.4. The van der Waals surface area contributed by atoms with Gasteiger partial charge in [0.1, 0.15) is 30.2 Å². The van der Waals surface area contributed by atoms with Crippen molar-refractivity contribution < 1.29 is 19.7 Å². The second kappa shape index (κ2) is 13.2. The number of nitrogens with two attached hydrogens (primary N) is 1. The summed E-state index contributed by atoms with van der Waals surface area (Å²) in [5, 5.41) is 25.8. The molecule has 1 aromatic carbocycles. The molecular formula is C34H52N8O4. The third kappa shape index (κ3) is 6.17. The summed E-state index contributed by atoms with van der Waals surface area (Å²) in [7, 11) is 1.77. The largest absolute Gasteiger partial charge is 0.387 e. The van der Waals surface area contributed by atoms with Gasteiger partial charge < -0.3 is 35.6 Å². The smallest absolute Gasteiger partial charge is 0.167 e. The zero-order chi connectivity index (χ0) is 32.7. The van der Waals surface area contributed by atoms with Crippen LogP contribution in [0.2, 0.25) is 0 Å². The minimum absolute atomic E-state index is 0.0428. The number of nitrogen functional groups attached to an aromatic ring is 1. The molecule has 3 aliphatic rings. The number of aliphatic hydroxyl groups excluding tert-OH is 2. The quantitative estimate of drug-likeness (QED) is 0.217. The molecular weight excluding hydrogens is 584 g/mol. The highest BCUT2D eigenvalue weighted by molar-refractivity contribution is 5.81. The number of hydrogen-bond acceptors (Lipinski definition) is 11. The summed E-state index contributed by atoms with van der Waals surface area (Å²) in [5.41, 5.74) is 10.7. The van der Waals surface area contributed by atoms with Crippen molar-refractivity contribution in [3.63, 3.8) is 0 Å². The number of imidazole rings is 1. The number of methoxy groups -OCH3 is 1. The normalized spacial score (nSPS) is 27.9. The van der Waals surface area contributed by atoms with Gasteiger partial charge in [-0.25, -0.2) is 15.0 Å². The van der Waals surface area contributed by atoms with E-state index in [9.17, 15) is 10.2 Å². The van der Waals surface area contributed by atoms with Gasteiger partial charge in [-0.15, -0.1) is 0 Å². The van der Waals surface area contributed by atoms with Gasteiger partial charge in [0.2, 0.25) is 0 Å². The van der Waals surface area contributed by atoms with Crippen LogP contribution in [-0.2, 0) is 14.9 Å². The fraction of sp³-hybridized carbons (Fsp3) is 0.676. The van der Waals surface area contributed by atoms with Crippen LogP contribution >= 0.6 is 0 Å². The molecule has 3 aromatic rings. The molecule has 1 aliphatic carbocycles. The van der Waals surface area contributed by atoms with Crippen molar-refractivity contribution in [2.75, 3.05) is 42.8 Å². The molecule has 12 nitrogen and oxygen atoms in total. The number of aliphatic hydroxyl groups is 2. The second-order valence-electron chi connectivity index (χ2n) is 14.4. The average molecular weight is 637 g/mol. The third-order valence-electron chi connectivity index (χ3n) is 10.3. The Balaban J connectivity index is 1.05. The Morgan fingerprint density at radius 3 is 2.65 bits per heavy atom. The summed E-state index contributed by atoms with van der Waals surface area (Å²) < 4.78 is 13.4. The molecule has 1 unspecified atom stereocenters. The van der Waals surface area contributed by atoms with Crippen LogP contribution in [0.25, 0.3) is 11.2 Å². The van der Waals surface area contributed by atoms with E-state index in [1.165, 1.54) is 36.0 Å². The fourth-order valence-electron chi connectivity index (χ4n) is 7.68. The zero-order valence-corrected chi connectivity index (χ0v) is 28.1. The van der Waals surface area contributed by atoms with Crippen LogP contribution in [0.1, 0.15) is 78.5 Å². The predicted molar refractivity (Wildman–Crippen MR) is 180 cm³/mol. The lowest BCUT2D eigenvalue weighted by Gasteiger charge is -2.46. The van der Waals surface area contributed by atoms with E-state index in [0.717, 1.165) is 32.2 Å². The highest BCUT2D eigenvalue weighted by Crippen LogP contribution is 2.42. The standard InChI is InChI=1S/C34H52N8O4/c1-7-12-40-25-15-22(34(4,5)17-45-6)9-10-24(25)39-27(40)11-8-21-13-23(14-21)41(20(2)3)16-26-29(43)30(44)33(46-26)42-19-38-28-31(35)36-18-37-32(28)42/h9-10,15,18-21,23,26-27,29-30,33,39,43-44H,7-8,11-14,16-17H2,1-6H3,(H2,35,36,37)/t21?,23?,26-,27?,29-,30-,33-/m1/s1. The average Bonchev–Trinajstić information content (AvgIpc) is 3.66. The van der Waals surface area contributed by atoms with Crippen molar-refractivity contribution in [3.8, 4) is 0 Å². The topological polar surface area (TPSA) is 147 Å². The molecule has 4 heterocycles. The number of ether oxygens (including phenoxy) is 2. The molecule has 0 radical (unpaired) electrons. The van der Waals surface area contributed by atoms with Crippen molar-refractivity contribution in [2.24, 2.45) is 5.92 Å². The summed E-state index contributed by atoms with van der Waals surface area (Å²) in [6.07, 6.45) is 5.32. The Morgan fingerprint density at radius 2 is 1.93 bits per heavy atom. The monoisotopic (exact) mass is 636 g/mol. The van der Waals surface area contributed by atoms with Gasteiger partial charge in [0, 0.05) is 37.7 Å². The maximum absolute atomic E-state index is 11.0. The maximum Gasteiger partial charge on any atom is 0.167 e. The lowest BCUT2D eigenvalue weighted by molar-refractivity contribution is -0.0621. The van der Waals surface area contributed by atoms with Gasteiger partial charge >= 0.3 is 0 Å². The van der Waals surface area contributed by atoms with E-state index in [0.29, 0.717) is 42.4 Å². The molecule has 1 saturated heterocycles. The molecule has 5 N–H and O–H groups in total. The minimum Gasteiger partial charge on any atom is -0.387 e. The predicted octanol–water partition coefficient (Wildman–Crippen LogP) is 3.89. The van der Waals surface area contributed by atoms with Gasteiger partial charge in [-0.05, 0) is 69.6 Å². The zero-order valence-electron chi connectivity index (χ0n) is 28.1. The highest BCUT2D eigenvalue weighted by atomic mass is 16.6. The lowest BCUT2D eigenvalue weighted by Crippen LogP contribution is -2.52. The summed E-state index contributed by atoms with van der Waals surface area (Å²) in [4.78, 5) is 17.6. The van der Waals surface area contributed by atoms with Crippen LogP contribution < -0.4 is 16.0 Å². The Bertz CT molecular complexity index is 1490. The van der Waals surface area contributed by atoms with E-state index in [-0.39, 0.29) is 17.3 Å². The Kier molecular flexibility index (Phi) is 9.46. The van der Waals surface area contributed by atoms with Crippen molar-refractivity contribution in [1.29, 1.82) is 0 Å². The van der Waals surface area contributed by atoms with E-state index < -0.39 is 24.5 Å². The molecule has 2 aliphatic heterocycles. The van der Waals surface area contributed by atoms with Crippen LogP contribution in [0, 0.1) is 5.92 Å². The molecule has 6 rings (SSSR count). The van der Waals surface area contributed by atoms with Crippen molar-refractivity contribution >= 4 is 28.4 Å². The number of benzene rings is 1. The van der Waals surface area contributed by atoms with Crippen molar-refractivity contribution in [2.45, 2.75) is 115 Å². The van der Waals surface area contributed by atoms with E-state index in [4.69, 9.17) is 15.2 Å². The van der Waals surface area contributed by atoms with Crippen molar-refractivity contribution in [1.82, 2.24) is 24.4 Å². The first-order valence-corrected chi connectivity index (χ1v) is 16.9. The minimum atomic E-state index is -1.11. The van der Waals surface area contributed by atoms with E-state index in [1.807, 2.05) is 0 Å². The maximum atomic E-state index is 11.0. The van der Waals surface area contributed by atoms with Crippen LogP contribution in [0.5, 0.6) is 0 Å². The number of fused-ring (bicyclic) bond motifs is 2. The molecule has 1 saturated carbocycles. The summed E-state index contributed by atoms with van der Waals surface area (Å²) in [6, 6.07) is 7.54. The number of aromatic nitrogens is 4. The molecule has 0 spiro atoms. The van der Waals surface area contributed by atoms with Gasteiger partial charge in [-0.2, -0.15) is 0 Å². The number of anilines is 3. The Labute approximate surface area is 272 Å². The number of nitrogens with zero attached hydrogens (tertiary/aromatic N) is 6. The molecule has 0 bridgehead atoms. The number of rotatable bonds is 13. The summed E-state index contributed by atoms with van der Waals surface area (Å²) in [6.45, 7) is 13.4. The summed E-state index contributed by atoms with van der Waals surface area (Å²) >= 11 is 0. The first kappa shape index (κ1) is 32.9. The number of hydrogen-bond donors (Lipinski definition) is 4. The third-order valence-corrected chi connectivity index (χ3v) is 10.3. The Morgan fingerprint density at radius 1 is 1.15 bits per heavy atom. The van der Waals surface area contributed by atoms with E-state index in [2.05, 4.69) is 82.9 Å². The molecule has 252 valence electrons. The SMILES string of the molecule is CCCN1c2cc(C(C)(C)COC)ccc2NC1CCC1CC(N(C[C@H]2O[C@@H](n3cnc4c(N)ncnc43)[C@H](O)[C@@H]2O)C(C)C)C1. The van der Waals surface area contributed by atoms with Gasteiger partial charge in [-0.3, -0.25) is 9.47 Å². The molecule has 5 atom stereocenters. The van der Waals surface area contributed by atoms with Gasteiger partial charge in [0.25, 0.3) is 0 Å². The molecule has 12 heteroatoms. The Hall–Kier alpha value is -3.03. The highest BCUT2D eigenvalue weighted by Gasteiger charge is 2.47. The van der Waals surface area contributed by atoms with Crippen LogP contribution in [0.4, 0.5) is 17.2 Å². The lowest BCUT2D eigenvalue weighted by atomic mass is 9.76. The van der Waals surface area contributed by atoms with Gasteiger partial charge in [0.05, 0.1) is 30.5 Å². The van der Waals surface area contributed by atoms with Gasteiger partial charge in [0.15, 0.2) is 17.7 Å². The summed E-state index contributed by atoms with van der Waals surface area (Å²) in [5.74, 6) is 0.924. The molecule has 2 fully saturated rings. The van der Waals surface area contributed by atoms with Gasteiger partial charge in [-0.1, -0.05) is 26.8 Å². The number of nitrogens with one attached hydrogen (secondary N) is 1. The van der Waals surface area contributed by atoms with Crippen LogP contribution in [-0.4, -0.2) is 98.0 Å². The van der Waals surface area contributed by atoms with E-state index >= 15 is 0 Å². The molecule has 46 heavy (non-hydrogen) atoms. The van der Waals surface area contributed by atoms with E-state index in [1.54, 1.807) is 11.7 Å². The fourth-order valence-corrected chi connectivity index (χ4v) is 7.68. The molecule has 2 aromatic heterocycles. The van der Waals surface area contributed by atoms with Crippen molar-refractivity contribution in [3.05, 3.63) is 36.4 Å². The van der Waals surface area contributed by atoms with Crippen LogP contribution in [0.3, 0.4) is 0 Å². The first-order chi connectivity index (χ1) is 22.0. The first-order valence-electron chi connectivity index (χ1n) is 16.9. The molecule has 0 amide bonds. The van der Waals surface area contributed by atoms with Crippen LogP contribution in [0.15, 0.2) is 30.9 Å².